The van der Waals surface area contributed by atoms with Gasteiger partial charge in [0.1, 0.15) is 5.82 Å². The standard InChI is InChI=1S/C21H21N3/c1-2-3-16-24-19(14-15-22)20(17-10-6-4-7-11-17)23-21(24)18-12-8-5-9-13-18/h4-13H,2-3,14,16H2,1H3. The monoisotopic (exact) mass is 315 g/mol. The lowest BCUT2D eigenvalue weighted by molar-refractivity contribution is 0.620. The summed E-state index contributed by atoms with van der Waals surface area (Å²) in [5.74, 6) is 0.952. The van der Waals surface area contributed by atoms with Crippen molar-refractivity contribution in [1.82, 2.24) is 9.55 Å². The van der Waals surface area contributed by atoms with Crippen molar-refractivity contribution in [2.45, 2.75) is 32.7 Å². The Morgan fingerprint density at radius 1 is 0.958 bits per heavy atom. The second kappa shape index (κ2) is 7.61. The van der Waals surface area contributed by atoms with Crippen LogP contribution in [0.25, 0.3) is 22.6 Å². The quantitative estimate of drug-likeness (QED) is 0.636. The van der Waals surface area contributed by atoms with Crippen LogP contribution in [-0.2, 0) is 13.0 Å². The molecule has 0 aliphatic carbocycles. The number of benzene rings is 2. The van der Waals surface area contributed by atoms with Crippen LogP contribution < -0.4 is 0 Å². The molecule has 0 aliphatic rings. The molecule has 3 nitrogen and oxygen atoms in total. The normalized spacial score (nSPS) is 10.5. The first-order chi connectivity index (χ1) is 11.8. The molecule has 0 N–H and O–H groups in total. The summed E-state index contributed by atoms with van der Waals surface area (Å²) in [7, 11) is 0. The van der Waals surface area contributed by atoms with Gasteiger partial charge in [0.25, 0.3) is 0 Å². The summed E-state index contributed by atoms with van der Waals surface area (Å²) in [5, 5.41) is 9.33. The molecule has 3 aromatic rings. The Kier molecular flexibility index (Phi) is 5.08. The van der Waals surface area contributed by atoms with Crippen molar-refractivity contribution in [2.75, 3.05) is 0 Å². The Bertz CT molecular complexity index is 827. The molecule has 0 fully saturated rings. The van der Waals surface area contributed by atoms with Gasteiger partial charge in [0.2, 0.25) is 0 Å². The van der Waals surface area contributed by atoms with Crippen LogP contribution in [0, 0.1) is 11.3 Å². The summed E-state index contributed by atoms with van der Waals surface area (Å²) in [5.41, 5.74) is 4.09. The summed E-state index contributed by atoms with van der Waals surface area (Å²) in [6, 6.07) is 22.7. The van der Waals surface area contributed by atoms with Crippen molar-refractivity contribution in [3.8, 4) is 28.7 Å². The van der Waals surface area contributed by atoms with E-state index in [-0.39, 0.29) is 0 Å². The molecule has 0 atom stereocenters. The smallest absolute Gasteiger partial charge is 0.140 e. The molecule has 2 aromatic carbocycles. The molecule has 0 radical (unpaired) electrons. The van der Waals surface area contributed by atoms with Gasteiger partial charge in [0, 0.05) is 17.7 Å². The number of hydrogen-bond donors (Lipinski definition) is 0. The molecule has 3 heteroatoms. The molecule has 0 bridgehead atoms. The van der Waals surface area contributed by atoms with Gasteiger partial charge in [-0.15, -0.1) is 0 Å². The summed E-state index contributed by atoms with van der Waals surface area (Å²) in [6.45, 7) is 3.07. The summed E-state index contributed by atoms with van der Waals surface area (Å²) >= 11 is 0. The van der Waals surface area contributed by atoms with Crippen molar-refractivity contribution in [2.24, 2.45) is 0 Å². The number of nitrogens with zero attached hydrogens (tertiary/aromatic N) is 3. The fraction of sp³-hybridized carbons (Fsp3) is 0.238. The Balaban J connectivity index is 2.19. The van der Waals surface area contributed by atoms with E-state index in [9.17, 15) is 5.26 Å². The zero-order valence-electron chi connectivity index (χ0n) is 13.9. The molecule has 0 saturated carbocycles. The maximum atomic E-state index is 9.33. The highest BCUT2D eigenvalue weighted by Gasteiger charge is 2.18. The molecule has 24 heavy (non-hydrogen) atoms. The van der Waals surface area contributed by atoms with E-state index < -0.39 is 0 Å². The lowest BCUT2D eigenvalue weighted by Gasteiger charge is -2.10. The fourth-order valence-electron chi connectivity index (χ4n) is 2.93. The van der Waals surface area contributed by atoms with Crippen LogP contribution in [-0.4, -0.2) is 9.55 Å². The van der Waals surface area contributed by atoms with E-state index in [2.05, 4.69) is 41.8 Å². The van der Waals surface area contributed by atoms with Gasteiger partial charge < -0.3 is 4.57 Å². The van der Waals surface area contributed by atoms with Crippen molar-refractivity contribution in [3.63, 3.8) is 0 Å². The molecular formula is C21H21N3. The van der Waals surface area contributed by atoms with Gasteiger partial charge in [0.05, 0.1) is 23.9 Å². The van der Waals surface area contributed by atoms with E-state index in [0.717, 1.165) is 47.7 Å². The van der Waals surface area contributed by atoms with Gasteiger partial charge >= 0.3 is 0 Å². The minimum atomic E-state index is 0.369. The minimum Gasteiger partial charge on any atom is -0.326 e. The Morgan fingerprint density at radius 3 is 2.17 bits per heavy atom. The average Bonchev–Trinajstić information content (AvgIpc) is 3.00. The molecule has 0 amide bonds. The minimum absolute atomic E-state index is 0.369. The molecule has 0 unspecified atom stereocenters. The number of aromatic nitrogens is 2. The van der Waals surface area contributed by atoms with Crippen LogP contribution >= 0.6 is 0 Å². The first-order valence-corrected chi connectivity index (χ1v) is 8.42. The molecule has 3 rings (SSSR count). The van der Waals surface area contributed by atoms with Crippen LogP contribution in [0.4, 0.5) is 0 Å². The first-order valence-electron chi connectivity index (χ1n) is 8.42. The molecule has 0 spiro atoms. The van der Waals surface area contributed by atoms with Crippen LogP contribution in [0.1, 0.15) is 25.5 Å². The van der Waals surface area contributed by atoms with Gasteiger partial charge in [-0.3, -0.25) is 0 Å². The third-order valence-corrected chi connectivity index (χ3v) is 4.13. The van der Waals surface area contributed by atoms with Gasteiger partial charge in [-0.25, -0.2) is 4.98 Å². The summed E-state index contributed by atoms with van der Waals surface area (Å²) < 4.78 is 2.23. The van der Waals surface area contributed by atoms with Gasteiger partial charge in [-0.2, -0.15) is 5.26 Å². The van der Waals surface area contributed by atoms with Crippen LogP contribution in [0.5, 0.6) is 0 Å². The zero-order valence-corrected chi connectivity index (χ0v) is 13.9. The van der Waals surface area contributed by atoms with Gasteiger partial charge in [0.15, 0.2) is 0 Å². The van der Waals surface area contributed by atoms with E-state index in [1.165, 1.54) is 0 Å². The summed E-state index contributed by atoms with van der Waals surface area (Å²) in [6.07, 6.45) is 2.55. The Labute approximate surface area is 143 Å². The third kappa shape index (κ3) is 3.23. The molecule has 120 valence electrons. The highest BCUT2D eigenvalue weighted by molar-refractivity contribution is 5.68. The Hall–Kier alpha value is -2.86. The van der Waals surface area contributed by atoms with E-state index in [4.69, 9.17) is 4.98 Å². The average molecular weight is 315 g/mol. The van der Waals surface area contributed by atoms with Crippen molar-refractivity contribution in [1.29, 1.82) is 5.26 Å². The van der Waals surface area contributed by atoms with E-state index in [0.29, 0.717) is 6.42 Å². The topological polar surface area (TPSA) is 41.6 Å². The largest absolute Gasteiger partial charge is 0.326 e. The molecule has 0 saturated heterocycles. The fourth-order valence-corrected chi connectivity index (χ4v) is 2.93. The summed E-state index contributed by atoms with van der Waals surface area (Å²) in [4.78, 5) is 4.93. The molecule has 1 heterocycles. The second-order valence-corrected chi connectivity index (χ2v) is 5.80. The van der Waals surface area contributed by atoms with E-state index >= 15 is 0 Å². The highest BCUT2D eigenvalue weighted by Crippen LogP contribution is 2.30. The Morgan fingerprint density at radius 2 is 1.58 bits per heavy atom. The van der Waals surface area contributed by atoms with Crippen LogP contribution in [0.2, 0.25) is 0 Å². The van der Waals surface area contributed by atoms with Crippen LogP contribution in [0.15, 0.2) is 60.7 Å². The predicted octanol–water partition coefficient (Wildman–Crippen LogP) is 5.08. The molecule has 0 aliphatic heterocycles. The van der Waals surface area contributed by atoms with E-state index in [1.54, 1.807) is 0 Å². The highest BCUT2D eigenvalue weighted by atomic mass is 15.1. The third-order valence-electron chi connectivity index (χ3n) is 4.13. The van der Waals surface area contributed by atoms with Crippen molar-refractivity contribution < 1.29 is 0 Å². The predicted molar refractivity (Wildman–Crippen MR) is 97.3 cm³/mol. The maximum absolute atomic E-state index is 9.33. The second-order valence-electron chi connectivity index (χ2n) is 5.80. The van der Waals surface area contributed by atoms with Crippen molar-refractivity contribution >= 4 is 0 Å². The number of imidazole rings is 1. The number of unbranched alkanes of at least 4 members (excludes halogenated alkanes) is 1. The van der Waals surface area contributed by atoms with Gasteiger partial charge in [-0.05, 0) is 6.42 Å². The van der Waals surface area contributed by atoms with Gasteiger partial charge in [-0.1, -0.05) is 74.0 Å². The molecule has 1 aromatic heterocycles. The number of rotatable bonds is 6. The maximum Gasteiger partial charge on any atom is 0.140 e. The van der Waals surface area contributed by atoms with Crippen LogP contribution in [0.3, 0.4) is 0 Å². The number of nitriles is 1. The molecular weight excluding hydrogens is 294 g/mol. The zero-order chi connectivity index (χ0) is 16.8. The SMILES string of the molecule is CCCCn1c(-c2ccccc2)nc(-c2ccccc2)c1CC#N. The lowest BCUT2D eigenvalue weighted by atomic mass is 10.1. The number of hydrogen-bond acceptors (Lipinski definition) is 2. The van der Waals surface area contributed by atoms with E-state index in [1.807, 2.05) is 36.4 Å². The lowest BCUT2D eigenvalue weighted by Crippen LogP contribution is -2.05. The first kappa shape index (κ1) is 16.0. The van der Waals surface area contributed by atoms with Crippen molar-refractivity contribution in [3.05, 3.63) is 66.4 Å².